The van der Waals surface area contributed by atoms with Crippen LogP contribution >= 0.6 is 21.6 Å². The Labute approximate surface area is 331 Å². The van der Waals surface area contributed by atoms with Gasteiger partial charge in [-0.05, 0) is 99.6 Å². The summed E-state index contributed by atoms with van der Waals surface area (Å²) in [4.78, 5) is 52.9. The van der Waals surface area contributed by atoms with Gasteiger partial charge in [-0.25, -0.2) is 19.2 Å². The van der Waals surface area contributed by atoms with Crippen molar-refractivity contribution in [3.05, 3.63) is 95.1 Å². The van der Waals surface area contributed by atoms with Crippen LogP contribution in [0.15, 0.2) is 72.8 Å². The van der Waals surface area contributed by atoms with Crippen molar-refractivity contribution in [2.45, 2.75) is 102 Å². The molecule has 3 aromatic carbocycles. The number of alkyl carbamates (subject to hydrolysis) is 2. The van der Waals surface area contributed by atoms with E-state index in [-0.39, 0.29) is 36.6 Å². The molecular formula is C43H52N2O8S2. The molecule has 0 heterocycles. The minimum absolute atomic E-state index is 0.0939. The molecule has 2 N–H and O–H groups in total. The monoisotopic (exact) mass is 788 g/mol. The molecule has 1 fully saturated rings. The SMILES string of the molecule is CC(C)(C)OC(=O)[C@H](CSSC[C@H](NC(=O)OC[C@H]1c2ccccc2[C@@H]2CCC[C@H]21)C(=O)OC(C)(C)C)NC(=O)OCC1c2ccccc2-c2ccccc21. The summed E-state index contributed by atoms with van der Waals surface area (Å²) in [7, 11) is 2.51. The molecule has 0 aliphatic heterocycles. The Morgan fingerprint density at radius 1 is 0.636 bits per heavy atom. The zero-order valence-electron chi connectivity index (χ0n) is 32.4. The minimum atomic E-state index is -1.04. The molecule has 3 aliphatic rings. The molecule has 3 aliphatic carbocycles. The summed E-state index contributed by atoms with van der Waals surface area (Å²) in [5.41, 5.74) is 5.41. The van der Waals surface area contributed by atoms with Crippen LogP contribution in [-0.4, -0.2) is 72.1 Å². The Morgan fingerprint density at radius 3 is 1.60 bits per heavy atom. The zero-order valence-corrected chi connectivity index (χ0v) is 34.1. The molecule has 6 rings (SSSR count). The maximum atomic E-state index is 13.3. The van der Waals surface area contributed by atoms with Crippen molar-refractivity contribution in [3.63, 3.8) is 0 Å². The fourth-order valence-corrected chi connectivity index (χ4v) is 10.2. The highest BCUT2D eigenvalue weighted by Crippen LogP contribution is 2.54. The van der Waals surface area contributed by atoms with Crippen molar-refractivity contribution in [2.24, 2.45) is 5.92 Å². The van der Waals surface area contributed by atoms with Crippen LogP contribution in [0, 0.1) is 5.92 Å². The zero-order chi connectivity index (χ0) is 39.3. The van der Waals surface area contributed by atoms with E-state index in [0.717, 1.165) is 41.5 Å². The van der Waals surface area contributed by atoms with Crippen LogP contribution in [0.3, 0.4) is 0 Å². The molecule has 1 saturated carbocycles. The molecule has 0 radical (unpaired) electrons. The topological polar surface area (TPSA) is 129 Å². The van der Waals surface area contributed by atoms with Crippen LogP contribution in [0.2, 0.25) is 0 Å². The second-order valence-electron chi connectivity index (χ2n) is 16.4. The van der Waals surface area contributed by atoms with Gasteiger partial charge in [0.2, 0.25) is 0 Å². The van der Waals surface area contributed by atoms with E-state index in [1.807, 2.05) is 42.5 Å². The summed E-state index contributed by atoms with van der Waals surface area (Å²) in [6.45, 7) is 10.9. The lowest BCUT2D eigenvalue weighted by Gasteiger charge is -2.25. The predicted octanol–water partition coefficient (Wildman–Crippen LogP) is 8.73. The van der Waals surface area contributed by atoms with Gasteiger partial charge in [-0.3, -0.25) is 0 Å². The Bertz CT molecular complexity index is 1830. The molecule has 2 amide bonds. The lowest BCUT2D eigenvalue weighted by atomic mass is 9.90. The molecule has 5 atom stereocenters. The van der Waals surface area contributed by atoms with Crippen molar-refractivity contribution in [2.75, 3.05) is 24.7 Å². The van der Waals surface area contributed by atoms with Gasteiger partial charge in [0.1, 0.15) is 36.5 Å². The highest BCUT2D eigenvalue weighted by Gasteiger charge is 2.43. The van der Waals surface area contributed by atoms with Gasteiger partial charge in [0, 0.05) is 23.3 Å². The van der Waals surface area contributed by atoms with Crippen LogP contribution in [0.25, 0.3) is 11.1 Å². The fourth-order valence-electron chi connectivity index (χ4n) is 7.93. The van der Waals surface area contributed by atoms with Gasteiger partial charge < -0.3 is 29.6 Å². The van der Waals surface area contributed by atoms with Gasteiger partial charge >= 0.3 is 24.1 Å². The van der Waals surface area contributed by atoms with E-state index >= 15 is 0 Å². The van der Waals surface area contributed by atoms with E-state index in [1.54, 1.807) is 41.5 Å². The maximum absolute atomic E-state index is 13.3. The molecule has 12 heteroatoms. The summed E-state index contributed by atoms with van der Waals surface area (Å²) in [6.07, 6.45) is 1.98. The summed E-state index contributed by atoms with van der Waals surface area (Å²) in [5.74, 6) is -0.0553. The largest absolute Gasteiger partial charge is 0.458 e. The molecule has 0 spiro atoms. The lowest BCUT2D eigenvalue weighted by molar-refractivity contribution is -0.157. The molecule has 10 nitrogen and oxygen atoms in total. The number of carbonyl (C=O) groups is 4. The van der Waals surface area contributed by atoms with Crippen LogP contribution in [0.5, 0.6) is 0 Å². The van der Waals surface area contributed by atoms with Crippen molar-refractivity contribution in [1.29, 1.82) is 0 Å². The first-order valence-electron chi connectivity index (χ1n) is 19.0. The first-order chi connectivity index (χ1) is 26.2. The van der Waals surface area contributed by atoms with Gasteiger partial charge in [-0.15, -0.1) is 0 Å². The summed E-state index contributed by atoms with van der Waals surface area (Å²) in [5, 5.41) is 5.43. The standard InChI is InChI=1S/C43H52N2O8S2/c1-42(2,3)52-38(46)36(44-40(48)50-22-34-30-17-10-7-14-26(30)27-15-8-11-18-31(27)34)24-54-55-25-37(39(47)53-43(4,5)6)45-41(49)51-23-35-32-19-12-9-16-28(32)29-20-13-21-33(29)35/h7-12,14-19,29,33-37H,13,20-25H2,1-6H3,(H,44,48)(H,45,49)/t29-,33+,35-,36-,37-/m0/s1. The number of rotatable bonds is 13. The fraction of sp³-hybridized carbons (Fsp3) is 0.488. The van der Waals surface area contributed by atoms with E-state index in [2.05, 4.69) is 41.0 Å². The Morgan fingerprint density at radius 2 is 1.09 bits per heavy atom. The second kappa shape index (κ2) is 17.3. The first kappa shape index (κ1) is 40.5. The van der Waals surface area contributed by atoms with E-state index < -0.39 is 47.4 Å². The first-order valence-corrected chi connectivity index (χ1v) is 21.5. The summed E-state index contributed by atoms with van der Waals surface area (Å²) >= 11 is 0. The average molecular weight is 789 g/mol. The number of hydrogen-bond donors (Lipinski definition) is 2. The van der Waals surface area contributed by atoms with Crippen molar-refractivity contribution in [1.82, 2.24) is 10.6 Å². The van der Waals surface area contributed by atoms with Crippen molar-refractivity contribution in [3.8, 4) is 11.1 Å². The lowest BCUT2D eigenvalue weighted by Crippen LogP contribution is -2.46. The summed E-state index contributed by atoms with van der Waals surface area (Å²) in [6, 6.07) is 22.5. The second-order valence-corrected chi connectivity index (χ2v) is 18.9. The van der Waals surface area contributed by atoms with Crippen molar-refractivity contribution >= 4 is 45.7 Å². The van der Waals surface area contributed by atoms with E-state index in [1.165, 1.54) is 32.7 Å². The van der Waals surface area contributed by atoms with Gasteiger partial charge in [-0.1, -0.05) is 101 Å². The third-order valence-corrected chi connectivity index (χ3v) is 12.6. The predicted molar refractivity (Wildman–Crippen MR) is 216 cm³/mol. The molecule has 55 heavy (non-hydrogen) atoms. The third-order valence-electron chi connectivity index (χ3n) is 10.1. The number of carbonyl (C=O) groups excluding carboxylic acids is 4. The van der Waals surface area contributed by atoms with Gasteiger partial charge in [0.05, 0.1) is 0 Å². The highest BCUT2D eigenvalue weighted by molar-refractivity contribution is 8.76. The average Bonchev–Trinajstić information content (AvgIpc) is 3.81. The summed E-state index contributed by atoms with van der Waals surface area (Å²) < 4.78 is 22.8. The molecule has 0 saturated heterocycles. The molecule has 3 aromatic rings. The molecule has 0 bridgehead atoms. The quantitative estimate of drug-likeness (QED) is 0.0751. The highest BCUT2D eigenvalue weighted by atomic mass is 33.1. The third kappa shape index (κ3) is 10.2. The Balaban J connectivity index is 1.04. The van der Waals surface area contributed by atoms with Crippen LogP contribution < -0.4 is 10.6 Å². The number of esters is 2. The number of benzene rings is 3. The molecule has 294 valence electrons. The van der Waals surface area contributed by atoms with E-state index in [4.69, 9.17) is 18.9 Å². The Hall–Kier alpha value is -4.16. The molecule has 0 unspecified atom stereocenters. The van der Waals surface area contributed by atoms with Gasteiger partial charge in [-0.2, -0.15) is 0 Å². The van der Waals surface area contributed by atoms with E-state index in [0.29, 0.717) is 11.8 Å². The van der Waals surface area contributed by atoms with Crippen LogP contribution in [0.1, 0.15) is 101 Å². The normalized spacial score (nSPS) is 19.6. The van der Waals surface area contributed by atoms with Crippen molar-refractivity contribution < 1.29 is 38.1 Å². The number of hydrogen-bond acceptors (Lipinski definition) is 10. The van der Waals surface area contributed by atoms with Crippen LogP contribution in [0.4, 0.5) is 9.59 Å². The smallest absolute Gasteiger partial charge is 0.407 e. The minimum Gasteiger partial charge on any atom is -0.458 e. The number of fused-ring (bicyclic) bond motifs is 6. The van der Waals surface area contributed by atoms with E-state index in [9.17, 15) is 19.2 Å². The number of nitrogens with one attached hydrogen (secondary N) is 2. The Kier molecular flexibility index (Phi) is 12.8. The number of ether oxygens (including phenoxy) is 4. The molecular weight excluding hydrogens is 737 g/mol. The molecule has 0 aromatic heterocycles. The maximum Gasteiger partial charge on any atom is 0.407 e. The van der Waals surface area contributed by atoms with Gasteiger partial charge in [0.15, 0.2) is 0 Å². The van der Waals surface area contributed by atoms with Crippen LogP contribution in [-0.2, 0) is 28.5 Å². The van der Waals surface area contributed by atoms with Gasteiger partial charge in [0.25, 0.3) is 0 Å². The number of amides is 2.